The molecule has 21 heavy (non-hydrogen) atoms. The van der Waals surface area contributed by atoms with E-state index in [2.05, 4.69) is 5.32 Å². The van der Waals surface area contributed by atoms with E-state index in [0.29, 0.717) is 18.0 Å². The van der Waals surface area contributed by atoms with Crippen LogP contribution >= 0.6 is 0 Å². The Morgan fingerprint density at radius 1 is 1.24 bits per heavy atom. The van der Waals surface area contributed by atoms with Crippen molar-refractivity contribution in [1.82, 2.24) is 5.32 Å². The minimum Gasteiger partial charge on any atom is -0.318 e. The van der Waals surface area contributed by atoms with Crippen molar-refractivity contribution in [1.29, 1.82) is 0 Å². The molecule has 1 aromatic rings. The SMILES string of the molecule is O=C(Nc1cccc2c1CC1CCC(CN1)C2)C(F)(F)F. The van der Waals surface area contributed by atoms with Crippen molar-refractivity contribution in [2.75, 3.05) is 11.9 Å². The van der Waals surface area contributed by atoms with Gasteiger partial charge in [0.15, 0.2) is 0 Å². The van der Waals surface area contributed by atoms with E-state index in [-0.39, 0.29) is 6.04 Å². The van der Waals surface area contributed by atoms with Crippen LogP contribution in [0.2, 0.25) is 0 Å². The lowest BCUT2D eigenvalue weighted by Crippen LogP contribution is -2.43. The molecule has 1 aliphatic carbocycles. The largest absolute Gasteiger partial charge is 0.471 e. The van der Waals surface area contributed by atoms with Crippen LogP contribution in [-0.4, -0.2) is 24.7 Å². The first-order valence-electron chi connectivity index (χ1n) is 7.16. The van der Waals surface area contributed by atoms with Gasteiger partial charge in [-0.05, 0) is 55.3 Å². The Hall–Kier alpha value is -1.56. The van der Waals surface area contributed by atoms with E-state index < -0.39 is 12.1 Å². The Morgan fingerprint density at radius 3 is 2.71 bits per heavy atom. The summed E-state index contributed by atoms with van der Waals surface area (Å²) < 4.78 is 37.3. The number of rotatable bonds is 1. The van der Waals surface area contributed by atoms with Crippen LogP contribution < -0.4 is 10.6 Å². The van der Waals surface area contributed by atoms with E-state index in [1.54, 1.807) is 12.1 Å². The lowest BCUT2D eigenvalue weighted by atomic mass is 9.81. The number of alkyl halides is 3. The van der Waals surface area contributed by atoms with Crippen molar-refractivity contribution in [2.45, 2.75) is 37.9 Å². The molecule has 2 atom stereocenters. The minimum absolute atomic E-state index is 0.282. The summed E-state index contributed by atoms with van der Waals surface area (Å²) in [7, 11) is 0. The third-order valence-electron chi connectivity index (χ3n) is 4.36. The van der Waals surface area contributed by atoms with E-state index in [4.69, 9.17) is 0 Å². The van der Waals surface area contributed by atoms with Gasteiger partial charge in [-0.2, -0.15) is 13.2 Å². The maximum absolute atomic E-state index is 12.4. The lowest BCUT2D eigenvalue weighted by Gasteiger charge is -2.34. The van der Waals surface area contributed by atoms with E-state index in [9.17, 15) is 18.0 Å². The predicted molar refractivity (Wildman–Crippen MR) is 73.0 cm³/mol. The van der Waals surface area contributed by atoms with Gasteiger partial charge in [-0.25, -0.2) is 0 Å². The van der Waals surface area contributed by atoms with Crippen LogP contribution in [0.5, 0.6) is 0 Å². The Balaban J connectivity index is 1.91. The summed E-state index contributed by atoms with van der Waals surface area (Å²) in [6, 6.07) is 5.51. The number of benzene rings is 1. The van der Waals surface area contributed by atoms with Crippen LogP contribution in [0.15, 0.2) is 18.2 Å². The average Bonchev–Trinajstić information content (AvgIpc) is 2.38. The molecule has 2 aliphatic heterocycles. The Morgan fingerprint density at radius 2 is 2.05 bits per heavy atom. The number of carbonyl (C=O) groups excluding carboxylic acids is 1. The fraction of sp³-hybridized carbons (Fsp3) is 0.533. The molecule has 3 nitrogen and oxygen atoms in total. The molecular weight excluding hydrogens is 281 g/mol. The molecule has 1 aromatic carbocycles. The van der Waals surface area contributed by atoms with Gasteiger partial charge in [-0.15, -0.1) is 0 Å². The van der Waals surface area contributed by atoms with Crippen molar-refractivity contribution >= 4 is 11.6 Å². The molecule has 0 aromatic heterocycles. The zero-order valence-corrected chi connectivity index (χ0v) is 11.5. The quantitative estimate of drug-likeness (QED) is 0.837. The second-order valence-corrected chi connectivity index (χ2v) is 5.85. The van der Waals surface area contributed by atoms with Crippen LogP contribution in [0.4, 0.5) is 18.9 Å². The van der Waals surface area contributed by atoms with Gasteiger partial charge in [-0.3, -0.25) is 4.79 Å². The van der Waals surface area contributed by atoms with Crippen LogP contribution in [-0.2, 0) is 17.6 Å². The van der Waals surface area contributed by atoms with E-state index in [0.717, 1.165) is 36.9 Å². The molecule has 114 valence electrons. The Bertz CT molecular complexity index is 548. The molecule has 1 fully saturated rings. The lowest BCUT2D eigenvalue weighted by molar-refractivity contribution is -0.167. The third kappa shape index (κ3) is 3.05. The minimum atomic E-state index is -4.86. The summed E-state index contributed by atoms with van der Waals surface area (Å²) in [4.78, 5) is 11.2. The molecule has 0 spiro atoms. The van der Waals surface area contributed by atoms with Crippen LogP contribution in [0, 0.1) is 5.92 Å². The van der Waals surface area contributed by atoms with Crippen molar-refractivity contribution in [3.63, 3.8) is 0 Å². The first-order chi connectivity index (χ1) is 9.93. The number of nitrogens with one attached hydrogen (secondary N) is 2. The second-order valence-electron chi connectivity index (χ2n) is 5.85. The number of anilines is 1. The van der Waals surface area contributed by atoms with Gasteiger partial charge in [0.25, 0.3) is 0 Å². The number of halogens is 3. The van der Waals surface area contributed by atoms with Gasteiger partial charge in [0.05, 0.1) is 0 Å². The zero-order valence-electron chi connectivity index (χ0n) is 11.5. The fourth-order valence-corrected chi connectivity index (χ4v) is 3.26. The summed E-state index contributed by atoms with van der Waals surface area (Å²) in [6.07, 6.45) is -1.16. The number of carbonyl (C=O) groups is 1. The van der Waals surface area contributed by atoms with E-state index >= 15 is 0 Å². The highest BCUT2D eigenvalue weighted by atomic mass is 19.4. The molecule has 1 saturated heterocycles. The van der Waals surface area contributed by atoms with Gasteiger partial charge in [0, 0.05) is 11.7 Å². The topological polar surface area (TPSA) is 41.1 Å². The third-order valence-corrected chi connectivity index (χ3v) is 4.36. The number of piperidine rings is 1. The molecule has 6 heteroatoms. The van der Waals surface area contributed by atoms with Gasteiger partial charge in [0.1, 0.15) is 0 Å². The molecule has 3 aliphatic rings. The maximum atomic E-state index is 12.4. The zero-order chi connectivity index (χ0) is 15.0. The Kier molecular flexibility index (Phi) is 3.65. The first kappa shape index (κ1) is 14.4. The number of hydrogen-bond donors (Lipinski definition) is 2. The van der Waals surface area contributed by atoms with E-state index in [1.807, 2.05) is 11.4 Å². The first-order valence-corrected chi connectivity index (χ1v) is 7.16. The molecule has 1 amide bonds. The van der Waals surface area contributed by atoms with Crippen molar-refractivity contribution in [3.05, 3.63) is 29.3 Å². The van der Waals surface area contributed by atoms with Crippen LogP contribution in [0.1, 0.15) is 24.0 Å². The van der Waals surface area contributed by atoms with Crippen molar-refractivity contribution in [2.24, 2.45) is 5.92 Å². The summed E-state index contributed by atoms with van der Waals surface area (Å²) in [5.41, 5.74) is 2.20. The van der Waals surface area contributed by atoms with Gasteiger partial charge in [-0.1, -0.05) is 12.1 Å². The van der Waals surface area contributed by atoms with Gasteiger partial charge < -0.3 is 10.6 Å². The molecule has 2 unspecified atom stereocenters. The summed E-state index contributed by atoms with van der Waals surface area (Å²) in [5.74, 6) is -1.38. The molecule has 0 radical (unpaired) electrons. The summed E-state index contributed by atoms with van der Waals surface area (Å²) >= 11 is 0. The molecule has 4 rings (SSSR count). The molecule has 0 saturated carbocycles. The fourth-order valence-electron chi connectivity index (χ4n) is 3.26. The average molecular weight is 298 g/mol. The highest BCUT2D eigenvalue weighted by Gasteiger charge is 2.39. The van der Waals surface area contributed by atoms with Gasteiger partial charge in [0.2, 0.25) is 0 Å². The number of amides is 1. The second kappa shape index (κ2) is 5.33. The predicted octanol–water partition coefficient (Wildman–Crippen LogP) is 2.65. The normalized spacial score (nSPS) is 24.9. The number of fused-ring (bicyclic) bond motifs is 2. The standard InChI is InChI=1S/C15H17F3N2O/c16-15(17,18)14(21)20-13-3-1-2-10-6-9-4-5-11(19-8-9)7-12(10)13/h1-3,9,11,19H,4-8H2,(H,20,21). The van der Waals surface area contributed by atoms with Crippen LogP contribution in [0.3, 0.4) is 0 Å². The van der Waals surface area contributed by atoms with Crippen molar-refractivity contribution in [3.8, 4) is 0 Å². The summed E-state index contributed by atoms with van der Waals surface area (Å²) in [5, 5.41) is 5.46. The molecule has 2 heterocycles. The Labute approximate surface area is 120 Å². The maximum Gasteiger partial charge on any atom is 0.471 e. The van der Waals surface area contributed by atoms with Gasteiger partial charge >= 0.3 is 12.1 Å². The smallest absolute Gasteiger partial charge is 0.318 e. The monoisotopic (exact) mass is 298 g/mol. The highest BCUT2D eigenvalue weighted by molar-refractivity contribution is 5.95. The molecule has 2 bridgehead atoms. The van der Waals surface area contributed by atoms with Crippen LogP contribution in [0.25, 0.3) is 0 Å². The highest BCUT2D eigenvalue weighted by Crippen LogP contribution is 2.32. The number of hydrogen-bond acceptors (Lipinski definition) is 2. The summed E-state index contributed by atoms with van der Waals surface area (Å²) in [6.45, 7) is 0.962. The van der Waals surface area contributed by atoms with Crippen molar-refractivity contribution < 1.29 is 18.0 Å². The molecular formula is C15H17F3N2O. The van der Waals surface area contributed by atoms with E-state index in [1.165, 1.54) is 0 Å². The molecule has 2 N–H and O–H groups in total.